The van der Waals surface area contributed by atoms with Crippen molar-refractivity contribution < 1.29 is 9.47 Å². The Hall–Kier alpha value is -2.08. The van der Waals surface area contributed by atoms with E-state index in [1.54, 1.807) is 7.11 Å². The first-order valence-corrected chi connectivity index (χ1v) is 6.19. The molecule has 0 aliphatic heterocycles. The minimum Gasteiger partial charge on any atom is -0.497 e. The number of nitrogens with two attached hydrogens (primary N) is 1. The van der Waals surface area contributed by atoms with Gasteiger partial charge < -0.3 is 15.2 Å². The summed E-state index contributed by atoms with van der Waals surface area (Å²) in [6.45, 7) is 1.01. The molecule has 0 saturated heterocycles. The lowest BCUT2D eigenvalue weighted by atomic mass is 10.3. The second-order valence-electron chi connectivity index (χ2n) is 4.05. The maximum absolute atomic E-state index is 5.60. The smallest absolute Gasteiger partial charge is 0.162 e. The number of ether oxygens (including phenoxy) is 2. The molecule has 0 unspecified atom stereocenters. The lowest BCUT2D eigenvalue weighted by molar-refractivity contribution is 0.295. The van der Waals surface area contributed by atoms with Crippen molar-refractivity contribution in [2.75, 3.05) is 13.7 Å². The molecular formula is C13H18N4O2. The second kappa shape index (κ2) is 6.75. The Morgan fingerprint density at radius 3 is 2.63 bits per heavy atom. The van der Waals surface area contributed by atoms with E-state index in [1.165, 1.54) is 0 Å². The molecule has 6 heteroatoms. The fraction of sp³-hybridized carbons (Fsp3) is 0.385. The van der Waals surface area contributed by atoms with Crippen LogP contribution in [0.3, 0.4) is 0 Å². The summed E-state index contributed by atoms with van der Waals surface area (Å²) in [5, 5.41) is 6.96. The van der Waals surface area contributed by atoms with Gasteiger partial charge in [0.05, 0.1) is 7.11 Å². The van der Waals surface area contributed by atoms with Gasteiger partial charge in [-0.3, -0.25) is 5.10 Å². The highest BCUT2D eigenvalue weighted by atomic mass is 16.5. The van der Waals surface area contributed by atoms with Crippen molar-refractivity contribution in [1.29, 1.82) is 0 Å². The van der Waals surface area contributed by atoms with E-state index in [9.17, 15) is 0 Å². The monoisotopic (exact) mass is 262 g/mol. The summed E-state index contributed by atoms with van der Waals surface area (Å²) < 4.78 is 10.7. The second-order valence-corrected chi connectivity index (χ2v) is 4.05. The van der Waals surface area contributed by atoms with Crippen LogP contribution >= 0.6 is 0 Å². The first-order valence-electron chi connectivity index (χ1n) is 6.19. The number of H-pyrrole nitrogens is 1. The zero-order valence-electron chi connectivity index (χ0n) is 10.9. The predicted molar refractivity (Wildman–Crippen MR) is 71.1 cm³/mol. The molecule has 0 aliphatic carbocycles. The summed E-state index contributed by atoms with van der Waals surface area (Å²) >= 11 is 0. The highest BCUT2D eigenvalue weighted by molar-refractivity contribution is 5.31. The molecule has 0 spiro atoms. The molecular weight excluding hydrogens is 244 g/mol. The molecule has 0 saturated carbocycles. The Morgan fingerprint density at radius 2 is 1.95 bits per heavy atom. The van der Waals surface area contributed by atoms with Crippen LogP contribution in [0.2, 0.25) is 0 Å². The van der Waals surface area contributed by atoms with E-state index in [0.717, 1.165) is 30.2 Å². The third kappa shape index (κ3) is 3.96. The number of nitrogens with zero attached hydrogens (tertiary/aromatic N) is 2. The fourth-order valence-corrected chi connectivity index (χ4v) is 1.60. The Kier molecular flexibility index (Phi) is 4.74. The standard InChI is InChI=1S/C13H18N4O2/c1-18-10-4-6-11(7-5-10)19-9-13-15-12(16-17-13)3-2-8-14/h4-7H,2-3,8-9,14H2,1H3,(H,15,16,17). The zero-order valence-corrected chi connectivity index (χ0v) is 10.9. The molecule has 0 bridgehead atoms. The molecule has 102 valence electrons. The van der Waals surface area contributed by atoms with E-state index < -0.39 is 0 Å². The van der Waals surface area contributed by atoms with Crippen molar-refractivity contribution in [3.8, 4) is 11.5 Å². The van der Waals surface area contributed by atoms with Gasteiger partial charge >= 0.3 is 0 Å². The number of aryl methyl sites for hydroxylation is 1. The van der Waals surface area contributed by atoms with E-state index in [2.05, 4.69) is 15.2 Å². The molecule has 1 aromatic carbocycles. The summed E-state index contributed by atoms with van der Waals surface area (Å²) in [7, 11) is 1.63. The molecule has 0 atom stereocenters. The van der Waals surface area contributed by atoms with Crippen LogP contribution in [0.15, 0.2) is 24.3 Å². The summed E-state index contributed by atoms with van der Waals surface area (Å²) in [6, 6.07) is 7.40. The number of aromatic nitrogens is 3. The van der Waals surface area contributed by atoms with Crippen LogP contribution in [0, 0.1) is 0 Å². The van der Waals surface area contributed by atoms with Crippen molar-refractivity contribution in [2.45, 2.75) is 19.4 Å². The number of methoxy groups -OCH3 is 1. The highest BCUT2D eigenvalue weighted by Crippen LogP contribution is 2.17. The van der Waals surface area contributed by atoms with Crippen molar-refractivity contribution in [2.24, 2.45) is 5.73 Å². The molecule has 2 rings (SSSR count). The lowest BCUT2D eigenvalue weighted by Gasteiger charge is -2.04. The average Bonchev–Trinajstić information content (AvgIpc) is 2.91. The minimum absolute atomic E-state index is 0.363. The molecule has 19 heavy (non-hydrogen) atoms. The van der Waals surface area contributed by atoms with Gasteiger partial charge in [0.25, 0.3) is 0 Å². The van der Waals surface area contributed by atoms with Gasteiger partial charge in [0, 0.05) is 6.42 Å². The average molecular weight is 262 g/mol. The fourth-order valence-electron chi connectivity index (χ4n) is 1.60. The van der Waals surface area contributed by atoms with Crippen LogP contribution in [0.25, 0.3) is 0 Å². The van der Waals surface area contributed by atoms with Crippen LogP contribution in [0.4, 0.5) is 0 Å². The summed E-state index contributed by atoms with van der Waals surface area (Å²) in [5.41, 5.74) is 5.44. The minimum atomic E-state index is 0.363. The zero-order chi connectivity index (χ0) is 13.5. The van der Waals surface area contributed by atoms with Crippen molar-refractivity contribution in [3.63, 3.8) is 0 Å². The topological polar surface area (TPSA) is 86.1 Å². The number of hydrogen-bond acceptors (Lipinski definition) is 5. The summed E-state index contributed by atoms with van der Waals surface area (Å²) in [6.07, 6.45) is 1.67. The van der Waals surface area contributed by atoms with Crippen LogP contribution in [-0.4, -0.2) is 28.8 Å². The van der Waals surface area contributed by atoms with Crippen LogP contribution < -0.4 is 15.2 Å². The largest absolute Gasteiger partial charge is 0.497 e. The lowest BCUT2D eigenvalue weighted by Crippen LogP contribution is -2.01. The molecule has 0 fully saturated rings. The Bertz CT molecular complexity index is 496. The van der Waals surface area contributed by atoms with Gasteiger partial charge in [0.1, 0.15) is 18.1 Å². The van der Waals surface area contributed by atoms with Gasteiger partial charge in [-0.2, -0.15) is 5.10 Å². The molecule has 0 radical (unpaired) electrons. The molecule has 1 heterocycles. The van der Waals surface area contributed by atoms with Crippen LogP contribution in [-0.2, 0) is 13.0 Å². The molecule has 2 aromatic rings. The van der Waals surface area contributed by atoms with Crippen molar-refractivity contribution in [3.05, 3.63) is 35.9 Å². The van der Waals surface area contributed by atoms with E-state index in [0.29, 0.717) is 19.0 Å². The quantitative estimate of drug-likeness (QED) is 0.785. The van der Waals surface area contributed by atoms with E-state index >= 15 is 0 Å². The first kappa shape index (κ1) is 13.4. The maximum Gasteiger partial charge on any atom is 0.162 e. The molecule has 0 amide bonds. The third-order valence-electron chi connectivity index (χ3n) is 2.62. The third-order valence-corrected chi connectivity index (χ3v) is 2.62. The van der Waals surface area contributed by atoms with Gasteiger partial charge in [-0.25, -0.2) is 4.98 Å². The number of aromatic amines is 1. The molecule has 0 aliphatic rings. The van der Waals surface area contributed by atoms with Gasteiger partial charge in [0.15, 0.2) is 11.6 Å². The number of nitrogens with one attached hydrogen (secondary N) is 1. The summed E-state index contributed by atoms with van der Waals surface area (Å²) in [5.74, 6) is 3.05. The van der Waals surface area contributed by atoms with Crippen LogP contribution in [0.5, 0.6) is 11.5 Å². The maximum atomic E-state index is 5.60. The Balaban J connectivity index is 1.85. The first-order chi connectivity index (χ1) is 9.31. The molecule has 6 nitrogen and oxygen atoms in total. The Morgan fingerprint density at radius 1 is 1.21 bits per heavy atom. The number of benzene rings is 1. The van der Waals surface area contributed by atoms with Crippen LogP contribution in [0.1, 0.15) is 18.1 Å². The highest BCUT2D eigenvalue weighted by Gasteiger charge is 2.03. The number of hydrogen-bond donors (Lipinski definition) is 2. The predicted octanol–water partition coefficient (Wildman–Crippen LogP) is 1.28. The van der Waals surface area contributed by atoms with Gasteiger partial charge in [-0.15, -0.1) is 0 Å². The summed E-state index contributed by atoms with van der Waals surface area (Å²) in [4.78, 5) is 4.32. The molecule has 3 N–H and O–H groups in total. The van der Waals surface area contributed by atoms with E-state index in [4.69, 9.17) is 15.2 Å². The normalized spacial score (nSPS) is 10.4. The van der Waals surface area contributed by atoms with Gasteiger partial charge in [-0.1, -0.05) is 0 Å². The van der Waals surface area contributed by atoms with E-state index in [-0.39, 0.29) is 0 Å². The van der Waals surface area contributed by atoms with Gasteiger partial charge in [0.2, 0.25) is 0 Å². The van der Waals surface area contributed by atoms with Gasteiger partial charge in [-0.05, 0) is 37.2 Å². The van der Waals surface area contributed by atoms with Crippen molar-refractivity contribution >= 4 is 0 Å². The Labute approximate surface area is 111 Å². The molecule has 1 aromatic heterocycles. The van der Waals surface area contributed by atoms with E-state index in [1.807, 2.05) is 24.3 Å². The SMILES string of the molecule is COc1ccc(OCc2nc(CCCN)n[nH]2)cc1. The number of rotatable bonds is 7. The van der Waals surface area contributed by atoms with Crippen molar-refractivity contribution in [1.82, 2.24) is 15.2 Å².